The Balaban J connectivity index is 1.45. The summed E-state index contributed by atoms with van der Waals surface area (Å²) in [7, 11) is 3.46. The molecule has 1 aromatic carbocycles. The Hall–Kier alpha value is -3.87. The zero-order valence-electron chi connectivity index (χ0n) is 18.1. The molecule has 0 radical (unpaired) electrons. The van der Waals surface area contributed by atoms with E-state index in [1.807, 2.05) is 0 Å². The first kappa shape index (κ1) is 22.3. The van der Waals surface area contributed by atoms with Gasteiger partial charge in [0.1, 0.15) is 17.6 Å². The lowest BCUT2D eigenvalue weighted by Gasteiger charge is -2.37. The minimum Gasteiger partial charge on any atom is -0.345 e. The summed E-state index contributed by atoms with van der Waals surface area (Å²) in [4.78, 5) is 24.9. The van der Waals surface area contributed by atoms with E-state index in [0.29, 0.717) is 30.2 Å². The Morgan fingerprint density at radius 3 is 2.52 bits per heavy atom. The van der Waals surface area contributed by atoms with Gasteiger partial charge in [0.2, 0.25) is 0 Å². The maximum atomic E-state index is 13.4. The molecule has 33 heavy (non-hydrogen) atoms. The van der Waals surface area contributed by atoms with Crippen LogP contribution in [0.4, 0.5) is 24.7 Å². The second-order valence-electron chi connectivity index (χ2n) is 7.85. The molecule has 0 bridgehead atoms. The van der Waals surface area contributed by atoms with Crippen LogP contribution in [0.25, 0.3) is 0 Å². The number of rotatable bonds is 6. The molecule has 0 aliphatic carbocycles. The first-order valence-electron chi connectivity index (χ1n) is 10.2. The SMILES string of the molecule is C#CC[C@H]1C(=O)N(C)c2cnc(CCc3cnn(Cc4cc(F)c(F)c(F)c4)c3)nc2N1C. The lowest BCUT2D eigenvalue weighted by Crippen LogP contribution is -2.51. The Morgan fingerprint density at radius 1 is 1.09 bits per heavy atom. The highest BCUT2D eigenvalue weighted by Crippen LogP contribution is 2.32. The van der Waals surface area contributed by atoms with Crippen molar-refractivity contribution in [2.24, 2.45) is 0 Å². The molecule has 0 unspecified atom stereocenters. The molecule has 2 aromatic heterocycles. The van der Waals surface area contributed by atoms with E-state index in [4.69, 9.17) is 6.42 Å². The van der Waals surface area contributed by atoms with Crippen LogP contribution in [0.5, 0.6) is 0 Å². The molecule has 3 aromatic rings. The number of benzene rings is 1. The third kappa shape index (κ3) is 4.39. The summed E-state index contributed by atoms with van der Waals surface area (Å²) in [5.41, 5.74) is 1.76. The van der Waals surface area contributed by atoms with E-state index in [9.17, 15) is 18.0 Å². The number of terminal acetylenes is 1. The van der Waals surface area contributed by atoms with E-state index >= 15 is 0 Å². The van der Waals surface area contributed by atoms with Crippen LogP contribution < -0.4 is 9.80 Å². The fourth-order valence-corrected chi connectivity index (χ4v) is 3.77. The van der Waals surface area contributed by atoms with Crippen LogP contribution in [0.1, 0.15) is 23.4 Å². The highest BCUT2D eigenvalue weighted by Gasteiger charge is 2.35. The average molecular weight is 454 g/mol. The van der Waals surface area contributed by atoms with Crippen molar-refractivity contribution < 1.29 is 18.0 Å². The molecular formula is C23H21F3N6O. The second-order valence-corrected chi connectivity index (χ2v) is 7.85. The molecule has 1 atom stereocenters. The van der Waals surface area contributed by atoms with Gasteiger partial charge in [0, 0.05) is 33.1 Å². The van der Waals surface area contributed by atoms with Gasteiger partial charge in [-0.1, -0.05) is 0 Å². The maximum absolute atomic E-state index is 13.4. The van der Waals surface area contributed by atoms with Crippen molar-refractivity contribution in [1.29, 1.82) is 0 Å². The first-order valence-corrected chi connectivity index (χ1v) is 10.2. The van der Waals surface area contributed by atoms with E-state index in [0.717, 1.165) is 17.7 Å². The van der Waals surface area contributed by atoms with Crippen molar-refractivity contribution in [3.05, 3.63) is 65.1 Å². The van der Waals surface area contributed by atoms with Crippen molar-refractivity contribution in [1.82, 2.24) is 19.7 Å². The zero-order chi connectivity index (χ0) is 23.7. The number of halogens is 3. The van der Waals surface area contributed by atoms with Crippen LogP contribution >= 0.6 is 0 Å². The van der Waals surface area contributed by atoms with Gasteiger partial charge in [-0.25, -0.2) is 23.1 Å². The highest BCUT2D eigenvalue weighted by molar-refractivity contribution is 6.04. The molecule has 4 rings (SSSR count). The molecule has 170 valence electrons. The normalized spacial score (nSPS) is 15.5. The van der Waals surface area contributed by atoms with Crippen LogP contribution in [0.15, 0.2) is 30.7 Å². The van der Waals surface area contributed by atoms with Crippen LogP contribution in [-0.4, -0.2) is 45.8 Å². The second kappa shape index (κ2) is 8.94. The molecule has 0 spiro atoms. The summed E-state index contributed by atoms with van der Waals surface area (Å²) >= 11 is 0. The van der Waals surface area contributed by atoms with Gasteiger partial charge in [0.05, 0.1) is 18.9 Å². The molecule has 0 saturated heterocycles. The summed E-state index contributed by atoms with van der Waals surface area (Å²) in [6, 6.07) is 1.42. The Bertz CT molecular complexity index is 1230. The lowest BCUT2D eigenvalue weighted by molar-refractivity contribution is -0.119. The zero-order valence-corrected chi connectivity index (χ0v) is 18.1. The van der Waals surface area contributed by atoms with Crippen molar-refractivity contribution >= 4 is 17.4 Å². The maximum Gasteiger partial charge on any atom is 0.250 e. The Kier molecular flexibility index (Phi) is 6.05. The van der Waals surface area contributed by atoms with Crippen LogP contribution in [0, 0.1) is 29.8 Å². The number of hydrogen-bond acceptors (Lipinski definition) is 5. The highest BCUT2D eigenvalue weighted by atomic mass is 19.2. The smallest absolute Gasteiger partial charge is 0.250 e. The molecule has 7 nitrogen and oxygen atoms in total. The monoisotopic (exact) mass is 454 g/mol. The number of aromatic nitrogens is 4. The molecule has 10 heteroatoms. The van der Waals surface area contributed by atoms with Crippen molar-refractivity contribution in [3.63, 3.8) is 0 Å². The summed E-state index contributed by atoms with van der Waals surface area (Å²) in [5.74, 6) is -0.288. The Morgan fingerprint density at radius 2 is 1.82 bits per heavy atom. The minimum absolute atomic E-state index is 0.102. The number of aryl methyl sites for hydroxylation is 2. The number of carbonyl (C=O) groups is 1. The number of fused-ring (bicyclic) bond motifs is 1. The van der Waals surface area contributed by atoms with Gasteiger partial charge in [-0.2, -0.15) is 5.10 Å². The molecule has 0 N–H and O–H groups in total. The average Bonchev–Trinajstić information content (AvgIpc) is 3.24. The van der Waals surface area contributed by atoms with E-state index < -0.39 is 23.5 Å². The van der Waals surface area contributed by atoms with E-state index in [1.165, 1.54) is 9.58 Å². The van der Waals surface area contributed by atoms with Gasteiger partial charge < -0.3 is 9.80 Å². The topological polar surface area (TPSA) is 67.2 Å². The quantitative estimate of drug-likeness (QED) is 0.423. The summed E-state index contributed by atoms with van der Waals surface area (Å²) in [6.45, 7) is 0.102. The Labute approximate surface area is 188 Å². The third-order valence-electron chi connectivity index (χ3n) is 5.60. The third-order valence-corrected chi connectivity index (χ3v) is 5.60. The van der Waals surface area contributed by atoms with Gasteiger partial charge in [-0.3, -0.25) is 9.48 Å². The molecular weight excluding hydrogens is 433 g/mol. The predicted octanol–water partition coefficient (Wildman–Crippen LogP) is 2.73. The van der Waals surface area contributed by atoms with Crippen molar-refractivity contribution in [2.75, 3.05) is 23.9 Å². The number of amides is 1. The van der Waals surface area contributed by atoms with Gasteiger partial charge in [-0.05, 0) is 29.7 Å². The molecule has 3 heterocycles. The van der Waals surface area contributed by atoms with Crippen LogP contribution in [0.2, 0.25) is 0 Å². The number of hydrogen-bond donors (Lipinski definition) is 0. The lowest BCUT2D eigenvalue weighted by atomic mass is 10.1. The first-order chi connectivity index (χ1) is 15.8. The molecule has 0 saturated carbocycles. The predicted molar refractivity (Wildman–Crippen MR) is 116 cm³/mol. The van der Waals surface area contributed by atoms with Crippen LogP contribution in [-0.2, 0) is 24.2 Å². The van der Waals surface area contributed by atoms with Gasteiger partial charge in [0.15, 0.2) is 23.3 Å². The molecule has 1 amide bonds. The van der Waals surface area contributed by atoms with E-state index in [-0.39, 0.29) is 24.4 Å². The molecule has 1 aliphatic heterocycles. The van der Waals surface area contributed by atoms with Gasteiger partial charge in [0.25, 0.3) is 5.91 Å². The standard InChI is InChI=1S/C23H21F3N6O/c1-4-5-18-23(33)31(3)19-11-27-20(29-22(19)30(18)2)7-6-14-10-28-32(12-14)13-15-8-16(24)21(26)17(25)9-15/h1,8-12,18H,5-7,13H2,2-3H3/t18-/m0/s1. The molecule has 0 fully saturated rings. The van der Waals surface area contributed by atoms with Crippen molar-refractivity contribution in [3.8, 4) is 12.3 Å². The van der Waals surface area contributed by atoms with Crippen molar-refractivity contribution in [2.45, 2.75) is 31.8 Å². The summed E-state index contributed by atoms with van der Waals surface area (Å²) in [5, 5.41) is 4.20. The van der Waals surface area contributed by atoms with Crippen LogP contribution in [0.3, 0.4) is 0 Å². The number of carbonyl (C=O) groups excluding carboxylic acids is 1. The van der Waals surface area contributed by atoms with E-state index in [1.54, 1.807) is 37.6 Å². The largest absolute Gasteiger partial charge is 0.345 e. The fourth-order valence-electron chi connectivity index (χ4n) is 3.77. The fraction of sp³-hybridized carbons (Fsp3) is 0.304. The summed E-state index contributed by atoms with van der Waals surface area (Å²) in [6.07, 6.45) is 11.8. The number of likely N-dealkylation sites (N-methyl/N-ethyl adjacent to an activating group) is 2. The minimum atomic E-state index is -1.49. The van der Waals surface area contributed by atoms with Gasteiger partial charge >= 0.3 is 0 Å². The number of nitrogens with zero attached hydrogens (tertiary/aromatic N) is 6. The van der Waals surface area contributed by atoms with E-state index in [2.05, 4.69) is 21.0 Å². The number of anilines is 2. The summed E-state index contributed by atoms with van der Waals surface area (Å²) < 4.78 is 41.5. The molecule has 1 aliphatic rings. The van der Waals surface area contributed by atoms with Gasteiger partial charge in [-0.15, -0.1) is 12.3 Å².